The Morgan fingerprint density at radius 3 is 2.67 bits per heavy atom. The van der Waals surface area contributed by atoms with Crippen LogP contribution in [0.15, 0.2) is 33.5 Å². The van der Waals surface area contributed by atoms with Crippen LogP contribution in [-0.2, 0) is 0 Å². The molecule has 15 heavy (non-hydrogen) atoms. The van der Waals surface area contributed by atoms with Crippen molar-refractivity contribution in [2.45, 2.75) is 0 Å². The number of anilines is 1. The lowest BCUT2D eigenvalue weighted by Gasteiger charge is -2.10. The summed E-state index contributed by atoms with van der Waals surface area (Å²) in [4.78, 5) is 13.3. The van der Waals surface area contributed by atoms with Gasteiger partial charge in [0.2, 0.25) is 0 Å². The summed E-state index contributed by atoms with van der Waals surface area (Å²) in [5.74, 6) is 0.555. The van der Waals surface area contributed by atoms with Crippen LogP contribution < -0.4 is 10.3 Å². The first-order valence-electron chi connectivity index (χ1n) is 4.52. The van der Waals surface area contributed by atoms with Crippen LogP contribution in [-0.4, -0.2) is 19.2 Å². The fraction of sp³-hybridized carbons (Fsp3) is 0.182. The molecule has 1 heterocycles. The van der Waals surface area contributed by atoms with Crippen LogP contribution in [0.2, 0.25) is 0 Å². The third-order valence-electron chi connectivity index (χ3n) is 2.14. The fourth-order valence-electron chi connectivity index (χ4n) is 1.35. The van der Waals surface area contributed by atoms with Crippen molar-refractivity contribution in [2.24, 2.45) is 0 Å². The van der Waals surface area contributed by atoms with Gasteiger partial charge in [-0.2, -0.15) is 0 Å². The van der Waals surface area contributed by atoms with Crippen LogP contribution in [0.25, 0.3) is 11.0 Å². The Balaban J connectivity index is 2.80. The number of benzene rings is 1. The Kier molecular flexibility index (Phi) is 2.11. The van der Waals surface area contributed by atoms with Gasteiger partial charge in [0, 0.05) is 26.2 Å². The zero-order valence-electron chi connectivity index (χ0n) is 8.52. The molecule has 0 aliphatic rings. The SMILES string of the molecule is CN(C)c1cc(=O)c2ccc(O)cc2o1. The van der Waals surface area contributed by atoms with Crippen LogP contribution in [0.1, 0.15) is 0 Å². The minimum atomic E-state index is -0.111. The summed E-state index contributed by atoms with van der Waals surface area (Å²) < 4.78 is 5.45. The first-order chi connectivity index (χ1) is 7.08. The molecule has 4 nitrogen and oxygen atoms in total. The fourth-order valence-corrected chi connectivity index (χ4v) is 1.35. The Morgan fingerprint density at radius 2 is 2.00 bits per heavy atom. The summed E-state index contributed by atoms with van der Waals surface area (Å²) >= 11 is 0. The number of aromatic hydroxyl groups is 1. The molecule has 0 unspecified atom stereocenters. The molecule has 0 radical (unpaired) electrons. The topological polar surface area (TPSA) is 53.7 Å². The number of phenols is 1. The normalized spacial score (nSPS) is 10.5. The van der Waals surface area contributed by atoms with E-state index < -0.39 is 0 Å². The molecule has 0 amide bonds. The molecule has 0 spiro atoms. The molecule has 78 valence electrons. The maximum atomic E-state index is 11.6. The van der Waals surface area contributed by atoms with Gasteiger partial charge < -0.3 is 14.4 Å². The van der Waals surface area contributed by atoms with Crippen LogP contribution >= 0.6 is 0 Å². The first-order valence-corrected chi connectivity index (χ1v) is 4.52. The average molecular weight is 205 g/mol. The summed E-state index contributed by atoms with van der Waals surface area (Å²) in [6.45, 7) is 0. The van der Waals surface area contributed by atoms with E-state index in [4.69, 9.17) is 4.42 Å². The van der Waals surface area contributed by atoms with E-state index in [2.05, 4.69) is 0 Å². The summed E-state index contributed by atoms with van der Waals surface area (Å²) in [5, 5.41) is 9.75. The quantitative estimate of drug-likeness (QED) is 0.767. The van der Waals surface area contributed by atoms with E-state index in [9.17, 15) is 9.90 Å². The monoisotopic (exact) mass is 205 g/mol. The largest absolute Gasteiger partial charge is 0.508 e. The number of rotatable bonds is 1. The van der Waals surface area contributed by atoms with Crippen molar-refractivity contribution in [1.82, 2.24) is 0 Å². The molecule has 4 heteroatoms. The van der Waals surface area contributed by atoms with Gasteiger partial charge in [0.1, 0.15) is 11.3 Å². The Labute approximate surface area is 86.4 Å². The third-order valence-corrected chi connectivity index (χ3v) is 2.14. The highest BCUT2D eigenvalue weighted by molar-refractivity contribution is 5.78. The molecule has 0 saturated carbocycles. The second-order valence-electron chi connectivity index (χ2n) is 3.52. The highest BCUT2D eigenvalue weighted by Crippen LogP contribution is 2.21. The molecule has 1 aromatic carbocycles. The molecule has 0 aliphatic heterocycles. The van der Waals surface area contributed by atoms with Crippen molar-refractivity contribution in [3.05, 3.63) is 34.5 Å². The Bertz CT molecular complexity index is 557. The van der Waals surface area contributed by atoms with E-state index in [0.717, 1.165) is 0 Å². The summed E-state index contributed by atoms with van der Waals surface area (Å²) in [7, 11) is 3.57. The van der Waals surface area contributed by atoms with E-state index >= 15 is 0 Å². The summed E-state index contributed by atoms with van der Waals surface area (Å²) in [6.07, 6.45) is 0. The molecule has 0 aliphatic carbocycles. The van der Waals surface area contributed by atoms with E-state index in [-0.39, 0.29) is 11.2 Å². The number of nitrogens with zero attached hydrogens (tertiary/aromatic N) is 1. The lowest BCUT2D eigenvalue weighted by molar-refractivity contribution is 0.474. The van der Waals surface area contributed by atoms with Crippen molar-refractivity contribution in [3.8, 4) is 5.75 Å². The number of hydrogen-bond donors (Lipinski definition) is 1. The number of phenolic OH excluding ortho intramolecular Hbond substituents is 1. The van der Waals surface area contributed by atoms with Gasteiger partial charge in [0.05, 0.1) is 5.39 Å². The van der Waals surface area contributed by atoms with E-state index in [1.165, 1.54) is 18.2 Å². The maximum Gasteiger partial charge on any atom is 0.199 e. The van der Waals surface area contributed by atoms with Crippen LogP contribution in [0.4, 0.5) is 5.88 Å². The van der Waals surface area contributed by atoms with Crippen molar-refractivity contribution in [3.63, 3.8) is 0 Å². The van der Waals surface area contributed by atoms with Gasteiger partial charge >= 0.3 is 0 Å². The van der Waals surface area contributed by atoms with Gasteiger partial charge in [0.25, 0.3) is 0 Å². The molecule has 2 aromatic rings. The van der Waals surface area contributed by atoms with Gasteiger partial charge in [-0.05, 0) is 12.1 Å². The van der Waals surface area contributed by atoms with E-state index in [0.29, 0.717) is 16.9 Å². The zero-order chi connectivity index (χ0) is 11.0. The van der Waals surface area contributed by atoms with Crippen molar-refractivity contribution < 1.29 is 9.52 Å². The standard InChI is InChI=1S/C11H11NO3/c1-12(2)11-6-9(14)8-4-3-7(13)5-10(8)15-11/h3-6,13H,1-2H3. The lowest BCUT2D eigenvalue weighted by Crippen LogP contribution is -2.12. The molecule has 0 saturated heterocycles. The van der Waals surface area contributed by atoms with Crippen LogP contribution in [0.5, 0.6) is 5.75 Å². The minimum absolute atomic E-state index is 0.0848. The molecular formula is C11H11NO3. The van der Waals surface area contributed by atoms with Gasteiger partial charge in [-0.1, -0.05) is 0 Å². The third kappa shape index (κ3) is 1.66. The van der Waals surface area contributed by atoms with Gasteiger partial charge in [-0.15, -0.1) is 0 Å². The van der Waals surface area contributed by atoms with Crippen LogP contribution in [0.3, 0.4) is 0 Å². The molecular weight excluding hydrogens is 194 g/mol. The molecule has 1 N–H and O–H groups in total. The molecule has 0 fully saturated rings. The molecule has 1 aromatic heterocycles. The second kappa shape index (κ2) is 3.31. The molecule has 2 rings (SSSR count). The highest BCUT2D eigenvalue weighted by atomic mass is 16.4. The van der Waals surface area contributed by atoms with E-state index in [1.807, 2.05) is 0 Å². The first kappa shape index (κ1) is 9.58. The number of hydrogen-bond acceptors (Lipinski definition) is 4. The Morgan fingerprint density at radius 1 is 1.27 bits per heavy atom. The zero-order valence-corrected chi connectivity index (χ0v) is 8.52. The molecule has 0 bridgehead atoms. The second-order valence-corrected chi connectivity index (χ2v) is 3.52. The Hall–Kier alpha value is -1.97. The average Bonchev–Trinajstić information content (AvgIpc) is 2.16. The van der Waals surface area contributed by atoms with Gasteiger partial charge in [-0.25, -0.2) is 0 Å². The van der Waals surface area contributed by atoms with Crippen molar-refractivity contribution in [2.75, 3.05) is 19.0 Å². The highest BCUT2D eigenvalue weighted by Gasteiger charge is 2.06. The predicted molar refractivity (Wildman–Crippen MR) is 58.5 cm³/mol. The lowest BCUT2D eigenvalue weighted by atomic mass is 10.2. The minimum Gasteiger partial charge on any atom is -0.508 e. The van der Waals surface area contributed by atoms with Crippen molar-refractivity contribution >= 4 is 16.9 Å². The summed E-state index contributed by atoms with van der Waals surface area (Å²) in [5.41, 5.74) is 0.283. The maximum absolute atomic E-state index is 11.6. The smallest absolute Gasteiger partial charge is 0.199 e. The summed E-state index contributed by atoms with van der Waals surface area (Å²) in [6, 6.07) is 5.88. The number of fused-ring (bicyclic) bond motifs is 1. The van der Waals surface area contributed by atoms with Crippen LogP contribution in [0, 0.1) is 0 Å². The predicted octanol–water partition coefficient (Wildman–Crippen LogP) is 1.56. The van der Waals surface area contributed by atoms with Gasteiger partial charge in [0.15, 0.2) is 11.3 Å². The molecule has 0 atom stereocenters. The van der Waals surface area contributed by atoms with E-state index in [1.54, 1.807) is 25.1 Å². The van der Waals surface area contributed by atoms with Crippen molar-refractivity contribution in [1.29, 1.82) is 0 Å². The van der Waals surface area contributed by atoms with Gasteiger partial charge in [-0.3, -0.25) is 4.79 Å².